The van der Waals surface area contributed by atoms with E-state index in [0.29, 0.717) is 6.54 Å². The number of methoxy groups -OCH3 is 1. The number of nitrogens with one attached hydrogen (secondary N) is 1. The van der Waals surface area contributed by atoms with Gasteiger partial charge in [-0.15, -0.1) is 0 Å². The predicted octanol–water partition coefficient (Wildman–Crippen LogP) is 4.55. The maximum Gasteiger partial charge on any atom is 0.118 e. The minimum atomic E-state index is 0.659. The van der Waals surface area contributed by atoms with Crippen LogP contribution in [0.5, 0.6) is 5.75 Å². The minimum Gasteiger partial charge on any atom is -0.497 e. The van der Waals surface area contributed by atoms with Crippen molar-refractivity contribution < 1.29 is 4.74 Å². The number of hydrazone groups is 1. The van der Waals surface area contributed by atoms with Gasteiger partial charge in [0.05, 0.1) is 19.4 Å². The number of ether oxygens (including phenoxy) is 1. The SMILES string of the molecule is COc1ccc(CN/N=C(/c2ccccc2)c2ccc(C)cc2)cc1. The minimum absolute atomic E-state index is 0.659. The first-order valence-corrected chi connectivity index (χ1v) is 8.32. The van der Waals surface area contributed by atoms with Gasteiger partial charge in [0.2, 0.25) is 0 Å². The topological polar surface area (TPSA) is 33.6 Å². The van der Waals surface area contributed by atoms with Gasteiger partial charge in [0.25, 0.3) is 0 Å². The summed E-state index contributed by atoms with van der Waals surface area (Å²) < 4.78 is 5.19. The first-order valence-electron chi connectivity index (χ1n) is 8.32. The van der Waals surface area contributed by atoms with Gasteiger partial charge in [-0.25, -0.2) is 0 Å². The molecule has 0 saturated heterocycles. The number of hydrogen-bond acceptors (Lipinski definition) is 3. The summed E-state index contributed by atoms with van der Waals surface area (Å²) in [5, 5.41) is 4.67. The monoisotopic (exact) mass is 330 g/mol. The number of hydrogen-bond donors (Lipinski definition) is 1. The Balaban J connectivity index is 1.81. The van der Waals surface area contributed by atoms with Crippen LogP contribution < -0.4 is 10.2 Å². The molecule has 3 rings (SSSR count). The third-order valence-electron chi connectivity index (χ3n) is 4.01. The predicted molar refractivity (Wildman–Crippen MR) is 103 cm³/mol. The lowest BCUT2D eigenvalue weighted by Crippen LogP contribution is -2.12. The molecule has 0 spiro atoms. The molecule has 3 nitrogen and oxygen atoms in total. The van der Waals surface area contributed by atoms with Gasteiger partial charge in [-0.3, -0.25) is 0 Å². The highest BCUT2D eigenvalue weighted by molar-refractivity contribution is 6.12. The van der Waals surface area contributed by atoms with Crippen LogP contribution >= 0.6 is 0 Å². The molecule has 1 N–H and O–H groups in total. The quantitative estimate of drug-likeness (QED) is 0.531. The molecule has 126 valence electrons. The van der Waals surface area contributed by atoms with Crippen molar-refractivity contribution in [3.63, 3.8) is 0 Å². The first-order chi connectivity index (χ1) is 12.3. The normalized spacial score (nSPS) is 11.2. The van der Waals surface area contributed by atoms with Crippen LogP contribution in [0.15, 0.2) is 84.0 Å². The van der Waals surface area contributed by atoms with E-state index in [-0.39, 0.29) is 0 Å². The number of nitrogens with zero attached hydrogens (tertiary/aromatic N) is 1. The summed E-state index contributed by atoms with van der Waals surface area (Å²) in [7, 11) is 1.67. The van der Waals surface area contributed by atoms with Crippen LogP contribution in [0.2, 0.25) is 0 Å². The van der Waals surface area contributed by atoms with E-state index in [0.717, 1.165) is 28.2 Å². The van der Waals surface area contributed by atoms with E-state index in [1.54, 1.807) is 7.11 Å². The molecule has 0 heterocycles. The van der Waals surface area contributed by atoms with Crippen molar-refractivity contribution in [3.8, 4) is 5.75 Å². The lowest BCUT2D eigenvalue weighted by atomic mass is 10.0. The molecule has 0 fully saturated rings. The average Bonchev–Trinajstić information content (AvgIpc) is 2.67. The largest absolute Gasteiger partial charge is 0.497 e. The van der Waals surface area contributed by atoms with Crippen LogP contribution in [-0.4, -0.2) is 12.8 Å². The Bertz CT molecular complexity index is 822. The molecule has 25 heavy (non-hydrogen) atoms. The van der Waals surface area contributed by atoms with Gasteiger partial charge in [0, 0.05) is 11.1 Å². The van der Waals surface area contributed by atoms with Gasteiger partial charge in [-0.1, -0.05) is 72.3 Å². The molecule has 0 aliphatic rings. The van der Waals surface area contributed by atoms with Crippen LogP contribution in [0, 0.1) is 6.92 Å². The van der Waals surface area contributed by atoms with Crippen LogP contribution in [0.4, 0.5) is 0 Å². The van der Waals surface area contributed by atoms with Crippen LogP contribution in [-0.2, 0) is 6.54 Å². The summed E-state index contributed by atoms with van der Waals surface area (Å²) in [5.74, 6) is 0.858. The number of rotatable bonds is 6. The van der Waals surface area contributed by atoms with E-state index in [9.17, 15) is 0 Å². The fourth-order valence-corrected chi connectivity index (χ4v) is 2.56. The second-order valence-electron chi connectivity index (χ2n) is 5.88. The molecule has 0 atom stereocenters. The van der Waals surface area contributed by atoms with Gasteiger partial charge < -0.3 is 10.2 Å². The lowest BCUT2D eigenvalue weighted by molar-refractivity contribution is 0.414. The zero-order valence-electron chi connectivity index (χ0n) is 14.6. The van der Waals surface area contributed by atoms with Gasteiger partial charge in [-0.05, 0) is 24.6 Å². The van der Waals surface area contributed by atoms with E-state index < -0.39 is 0 Å². The zero-order valence-corrected chi connectivity index (χ0v) is 14.6. The Morgan fingerprint density at radius 1 is 0.840 bits per heavy atom. The Morgan fingerprint density at radius 2 is 1.48 bits per heavy atom. The standard InChI is InChI=1S/C22H22N2O/c1-17-8-12-20(13-9-17)22(19-6-4-3-5-7-19)24-23-16-18-10-14-21(25-2)15-11-18/h3-15,23H,16H2,1-2H3/b24-22-. The second kappa shape index (κ2) is 8.15. The highest BCUT2D eigenvalue weighted by Crippen LogP contribution is 2.13. The molecule has 3 heteroatoms. The molecule has 0 aliphatic carbocycles. The van der Waals surface area contributed by atoms with Crippen molar-refractivity contribution in [2.24, 2.45) is 5.10 Å². The Morgan fingerprint density at radius 3 is 2.12 bits per heavy atom. The maximum atomic E-state index is 5.19. The van der Waals surface area contributed by atoms with E-state index in [4.69, 9.17) is 4.74 Å². The molecule has 0 unspecified atom stereocenters. The van der Waals surface area contributed by atoms with Crippen LogP contribution in [0.1, 0.15) is 22.3 Å². The van der Waals surface area contributed by atoms with E-state index in [2.05, 4.69) is 53.8 Å². The Kier molecular flexibility index (Phi) is 5.47. The molecular formula is C22H22N2O. The third-order valence-corrected chi connectivity index (χ3v) is 4.01. The van der Waals surface area contributed by atoms with Crippen molar-refractivity contribution in [2.75, 3.05) is 7.11 Å². The summed E-state index contributed by atoms with van der Waals surface area (Å²) in [6, 6.07) is 26.6. The summed E-state index contributed by atoms with van der Waals surface area (Å²) in [6.07, 6.45) is 0. The summed E-state index contributed by atoms with van der Waals surface area (Å²) >= 11 is 0. The summed E-state index contributed by atoms with van der Waals surface area (Å²) in [6.45, 7) is 2.75. The highest BCUT2D eigenvalue weighted by Gasteiger charge is 2.06. The summed E-state index contributed by atoms with van der Waals surface area (Å²) in [5.41, 5.74) is 8.72. The lowest BCUT2D eigenvalue weighted by Gasteiger charge is -2.09. The van der Waals surface area contributed by atoms with Crippen LogP contribution in [0.25, 0.3) is 0 Å². The second-order valence-corrected chi connectivity index (χ2v) is 5.88. The van der Waals surface area contributed by atoms with Crippen molar-refractivity contribution >= 4 is 5.71 Å². The molecule has 0 saturated carbocycles. The highest BCUT2D eigenvalue weighted by atomic mass is 16.5. The van der Waals surface area contributed by atoms with Gasteiger partial charge in [0.15, 0.2) is 0 Å². The molecule has 3 aromatic rings. The molecule has 0 aliphatic heterocycles. The zero-order chi connectivity index (χ0) is 17.5. The molecule has 0 amide bonds. The fourth-order valence-electron chi connectivity index (χ4n) is 2.56. The smallest absolute Gasteiger partial charge is 0.118 e. The Labute approximate surface area is 149 Å². The average molecular weight is 330 g/mol. The van der Waals surface area contributed by atoms with Crippen molar-refractivity contribution in [2.45, 2.75) is 13.5 Å². The molecule has 0 radical (unpaired) electrons. The van der Waals surface area contributed by atoms with Crippen molar-refractivity contribution in [3.05, 3.63) is 101 Å². The van der Waals surface area contributed by atoms with E-state index in [1.165, 1.54) is 5.56 Å². The fraction of sp³-hybridized carbons (Fsp3) is 0.136. The number of aryl methyl sites for hydroxylation is 1. The molecule has 0 bridgehead atoms. The number of benzene rings is 3. The molecular weight excluding hydrogens is 308 g/mol. The van der Waals surface area contributed by atoms with E-state index in [1.807, 2.05) is 42.5 Å². The van der Waals surface area contributed by atoms with Crippen molar-refractivity contribution in [1.29, 1.82) is 0 Å². The summed E-state index contributed by atoms with van der Waals surface area (Å²) in [4.78, 5) is 0. The molecule has 0 aromatic heterocycles. The first kappa shape index (κ1) is 16.8. The molecule has 3 aromatic carbocycles. The van der Waals surface area contributed by atoms with Gasteiger partial charge >= 0.3 is 0 Å². The van der Waals surface area contributed by atoms with E-state index >= 15 is 0 Å². The van der Waals surface area contributed by atoms with Crippen LogP contribution in [0.3, 0.4) is 0 Å². The van der Waals surface area contributed by atoms with Crippen molar-refractivity contribution in [1.82, 2.24) is 5.43 Å². The van der Waals surface area contributed by atoms with Gasteiger partial charge in [0.1, 0.15) is 5.75 Å². The Hall–Kier alpha value is -3.07. The maximum absolute atomic E-state index is 5.19. The third kappa shape index (κ3) is 4.48. The van der Waals surface area contributed by atoms with Gasteiger partial charge in [-0.2, -0.15) is 5.10 Å².